The maximum absolute atomic E-state index is 13.4. The molecule has 1 aromatic carbocycles. The lowest BCUT2D eigenvalue weighted by molar-refractivity contribution is -0.154. The van der Waals surface area contributed by atoms with E-state index in [1.165, 1.54) is 6.20 Å². The number of carbonyl (C=O) groups excluding carboxylic acids is 1. The second-order valence-corrected chi connectivity index (χ2v) is 8.19. The summed E-state index contributed by atoms with van der Waals surface area (Å²) in [6, 6.07) is 8.80. The number of hydrogen-bond acceptors (Lipinski definition) is 3. The van der Waals surface area contributed by atoms with Gasteiger partial charge in [0.15, 0.2) is 0 Å². The predicted molar refractivity (Wildman–Crippen MR) is 113 cm³/mol. The molecule has 0 bridgehead atoms. The van der Waals surface area contributed by atoms with E-state index < -0.39 is 24.2 Å². The molecule has 0 spiro atoms. The van der Waals surface area contributed by atoms with Crippen LogP contribution >= 0.6 is 0 Å². The molecule has 170 valence electrons. The van der Waals surface area contributed by atoms with Crippen molar-refractivity contribution >= 4 is 6.03 Å². The average Bonchev–Trinajstić information content (AvgIpc) is 3.32. The highest BCUT2D eigenvalue weighted by Gasteiger charge is 2.46. The molecule has 1 aliphatic carbocycles. The van der Waals surface area contributed by atoms with Gasteiger partial charge in [-0.25, -0.2) is 9.48 Å². The van der Waals surface area contributed by atoms with Crippen molar-refractivity contribution in [2.24, 2.45) is 0 Å². The lowest BCUT2D eigenvalue weighted by Crippen LogP contribution is -2.47. The minimum atomic E-state index is -4.38. The number of urea groups is 1. The minimum absolute atomic E-state index is 0.167. The molecule has 4 rings (SSSR count). The van der Waals surface area contributed by atoms with Crippen molar-refractivity contribution in [2.45, 2.75) is 51.2 Å². The van der Waals surface area contributed by atoms with Crippen LogP contribution in [0.1, 0.15) is 40.5 Å². The average molecular weight is 446 g/mol. The highest BCUT2D eigenvalue weighted by Crippen LogP contribution is 2.42. The molecule has 2 amide bonds. The van der Waals surface area contributed by atoms with Gasteiger partial charge >= 0.3 is 12.2 Å². The Morgan fingerprint density at radius 3 is 2.66 bits per heavy atom. The van der Waals surface area contributed by atoms with Crippen LogP contribution in [0.3, 0.4) is 0 Å². The smallest absolute Gasteiger partial charge is 0.338 e. The van der Waals surface area contributed by atoms with Crippen LogP contribution in [-0.4, -0.2) is 44.8 Å². The fourth-order valence-corrected chi connectivity index (χ4v) is 4.20. The van der Waals surface area contributed by atoms with E-state index in [2.05, 4.69) is 25.9 Å². The van der Waals surface area contributed by atoms with E-state index in [9.17, 15) is 18.0 Å². The number of nitrogens with one attached hydrogen (secondary N) is 3. The number of hydrogen-bond donors (Lipinski definition) is 3. The lowest BCUT2D eigenvalue weighted by atomic mass is 9.83. The second-order valence-electron chi connectivity index (χ2n) is 8.19. The van der Waals surface area contributed by atoms with Crippen molar-refractivity contribution in [3.8, 4) is 5.69 Å². The maximum Gasteiger partial charge on any atom is 0.395 e. The lowest BCUT2D eigenvalue weighted by Gasteiger charge is -2.30. The van der Waals surface area contributed by atoms with Gasteiger partial charge in [0.05, 0.1) is 23.5 Å². The van der Waals surface area contributed by atoms with Crippen molar-refractivity contribution in [3.05, 3.63) is 64.7 Å². The van der Waals surface area contributed by atoms with Crippen LogP contribution in [0.5, 0.6) is 0 Å². The van der Waals surface area contributed by atoms with Gasteiger partial charge in [-0.15, -0.1) is 0 Å². The number of aryl methyl sites for hydroxylation is 2. The molecule has 2 atom stereocenters. The van der Waals surface area contributed by atoms with E-state index in [0.717, 1.165) is 22.6 Å². The van der Waals surface area contributed by atoms with Gasteiger partial charge in [0.1, 0.15) is 0 Å². The summed E-state index contributed by atoms with van der Waals surface area (Å²) < 4.78 is 42.0. The molecule has 2 heterocycles. The number of aromatic amines is 1. The van der Waals surface area contributed by atoms with E-state index in [1.54, 1.807) is 0 Å². The Balaban J connectivity index is 1.28. The molecule has 2 unspecified atom stereocenters. The van der Waals surface area contributed by atoms with Gasteiger partial charge in [-0.2, -0.15) is 23.4 Å². The van der Waals surface area contributed by atoms with Gasteiger partial charge in [0, 0.05) is 36.0 Å². The first-order valence-corrected chi connectivity index (χ1v) is 10.5. The first-order valence-electron chi connectivity index (χ1n) is 10.5. The predicted octanol–water partition coefficient (Wildman–Crippen LogP) is 3.71. The number of carbonyl (C=O) groups is 1. The molecule has 1 aliphatic rings. The van der Waals surface area contributed by atoms with E-state index in [-0.39, 0.29) is 12.0 Å². The Kier molecular flexibility index (Phi) is 5.94. The standard InChI is InChI=1S/C22H25F3N6O/c1-13-9-14(2)31(30-13)17-5-3-15(4-6-17)7-8-26-21(32)28-16-10-19(22(23,24)25)18-12-27-29-20(18)11-16/h3-6,9,12,16,19H,7-8,10-11H2,1-2H3,(H,27,29)(H2,26,28,32). The Morgan fingerprint density at radius 1 is 1.25 bits per heavy atom. The number of halogens is 3. The van der Waals surface area contributed by atoms with Crippen molar-refractivity contribution < 1.29 is 18.0 Å². The van der Waals surface area contributed by atoms with Gasteiger partial charge in [-0.1, -0.05) is 12.1 Å². The summed E-state index contributed by atoms with van der Waals surface area (Å²) in [5, 5.41) is 16.2. The van der Waals surface area contributed by atoms with Crippen LogP contribution in [0.25, 0.3) is 5.69 Å². The molecule has 0 radical (unpaired) electrons. The number of benzene rings is 1. The number of fused-ring (bicyclic) bond motifs is 1. The summed E-state index contributed by atoms with van der Waals surface area (Å²) in [4.78, 5) is 12.2. The van der Waals surface area contributed by atoms with Crippen molar-refractivity contribution in [1.29, 1.82) is 0 Å². The molecule has 3 N–H and O–H groups in total. The number of nitrogens with zero attached hydrogens (tertiary/aromatic N) is 3. The third-order valence-corrected chi connectivity index (χ3v) is 5.72. The van der Waals surface area contributed by atoms with E-state index >= 15 is 0 Å². The summed E-state index contributed by atoms with van der Waals surface area (Å²) in [7, 11) is 0. The second kappa shape index (κ2) is 8.68. The van der Waals surface area contributed by atoms with Crippen molar-refractivity contribution in [3.63, 3.8) is 0 Å². The Morgan fingerprint density at radius 2 is 2.00 bits per heavy atom. The normalized spacial score (nSPS) is 18.3. The fourth-order valence-electron chi connectivity index (χ4n) is 4.20. The van der Waals surface area contributed by atoms with Gasteiger partial charge in [-0.05, 0) is 50.5 Å². The Hall–Kier alpha value is -3.30. The van der Waals surface area contributed by atoms with E-state index in [0.29, 0.717) is 25.1 Å². The molecule has 2 aromatic heterocycles. The number of aromatic nitrogens is 4. The first-order chi connectivity index (χ1) is 15.2. The third kappa shape index (κ3) is 4.79. The Labute approximate surface area is 183 Å². The first kappa shape index (κ1) is 21.9. The molecule has 0 saturated carbocycles. The number of amides is 2. The Bertz CT molecular complexity index is 1090. The van der Waals surface area contributed by atoms with Gasteiger partial charge < -0.3 is 10.6 Å². The van der Waals surface area contributed by atoms with Crippen LogP contribution in [0.4, 0.5) is 18.0 Å². The highest BCUT2D eigenvalue weighted by atomic mass is 19.4. The summed E-state index contributed by atoms with van der Waals surface area (Å²) in [5.41, 5.74) is 4.58. The van der Waals surface area contributed by atoms with Crippen LogP contribution in [0.2, 0.25) is 0 Å². The molecule has 3 aromatic rings. The van der Waals surface area contributed by atoms with Gasteiger partial charge in [0.25, 0.3) is 0 Å². The molecule has 0 saturated heterocycles. The molecule has 0 fully saturated rings. The highest BCUT2D eigenvalue weighted by molar-refractivity contribution is 5.74. The summed E-state index contributed by atoms with van der Waals surface area (Å²) in [6.07, 6.45) is -2.45. The van der Waals surface area contributed by atoms with E-state index in [4.69, 9.17) is 0 Å². The van der Waals surface area contributed by atoms with Crippen LogP contribution in [0.15, 0.2) is 36.5 Å². The minimum Gasteiger partial charge on any atom is -0.338 e. The van der Waals surface area contributed by atoms with Crippen molar-refractivity contribution in [2.75, 3.05) is 6.54 Å². The number of rotatable bonds is 5. The zero-order valence-electron chi connectivity index (χ0n) is 17.8. The maximum atomic E-state index is 13.4. The molecule has 10 heteroatoms. The topological polar surface area (TPSA) is 87.6 Å². The quantitative estimate of drug-likeness (QED) is 0.558. The van der Waals surface area contributed by atoms with Crippen LogP contribution < -0.4 is 10.6 Å². The third-order valence-electron chi connectivity index (χ3n) is 5.72. The van der Waals surface area contributed by atoms with Crippen molar-refractivity contribution in [1.82, 2.24) is 30.6 Å². The molecular formula is C22H25F3N6O. The van der Waals surface area contributed by atoms with Gasteiger partial charge in [-0.3, -0.25) is 5.10 Å². The summed E-state index contributed by atoms with van der Waals surface area (Å²) >= 11 is 0. The molecule has 0 aliphatic heterocycles. The fraction of sp³-hybridized carbons (Fsp3) is 0.409. The largest absolute Gasteiger partial charge is 0.395 e. The monoisotopic (exact) mass is 446 g/mol. The molecule has 7 nitrogen and oxygen atoms in total. The SMILES string of the molecule is Cc1cc(C)n(-c2ccc(CCNC(=O)NC3Cc4[nH]ncc4C(C(F)(F)F)C3)cc2)n1. The molecule has 32 heavy (non-hydrogen) atoms. The van der Waals surface area contributed by atoms with Gasteiger partial charge in [0.2, 0.25) is 0 Å². The number of alkyl halides is 3. The molecular weight excluding hydrogens is 421 g/mol. The zero-order chi connectivity index (χ0) is 22.9. The van der Waals surface area contributed by atoms with E-state index in [1.807, 2.05) is 48.9 Å². The van der Waals surface area contributed by atoms with Crippen LogP contribution in [0, 0.1) is 13.8 Å². The summed E-state index contributed by atoms with van der Waals surface area (Å²) in [5.74, 6) is -1.63. The van der Waals surface area contributed by atoms with Crippen LogP contribution in [-0.2, 0) is 12.8 Å². The zero-order valence-corrected chi connectivity index (χ0v) is 17.8. The summed E-state index contributed by atoms with van der Waals surface area (Å²) in [6.45, 7) is 4.31. The number of H-pyrrole nitrogens is 1.